The molecule has 0 aromatic carbocycles. The van der Waals surface area contributed by atoms with E-state index in [0.717, 1.165) is 0 Å². The molecule has 0 nitrogen and oxygen atoms in total. The first-order valence-corrected chi connectivity index (χ1v) is 40.6. The van der Waals surface area contributed by atoms with Gasteiger partial charge in [-0.3, -0.25) is 0 Å². The molecule has 0 aliphatic heterocycles. The quantitative estimate of drug-likeness (QED) is 0.149. The maximum atomic E-state index is 11.5. The number of hydrogen-bond acceptors (Lipinski definition) is 0. The van der Waals surface area contributed by atoms with Crippen molar-refractivity contribution in [2.45, 2.75) is 4.18 Å². The summed E-state index contributed by atoms with van der Waals surface area (Å²) >= 11 is 1.24. The summed E-state index contributed by atoms with van der Waals surface area (Å²) in [7, 11) is -1.18. The zero-order valence-corrected chi connectivity index (χ0v) is 16.8. The molecular weight excluding hydrogens is 595 g/mol. The van der Waals surface area contributed by atoms with Crippen LogP contribution in [0.4, 0.5) is 13.2 Å². The van der Waals surface area contributed by atoms with Crippen molar-refractivity contribution in [1.29, 1.82) is 0 Å². The van der Waals surface area contributed by atoms with Crippen molar-refractivity contribution in [3.8, 4) is 0 Å². The normalized spacial score (nSPS) is 15.1. The van der Waals surface area contributed by atoms with Crippen molar-refractivity contribution in [2.75, 3.05) is 0 Å². The zero-order valence-electron chi connectivity index (χ0n) is 4.21. The molecule has 0 rings (SSSR count). The number of rotatable bonds is 3. The Morgan fingerprint density at radius 2 is 2.00 bits per heavy atom. The van der Waals surface area contributed by atoms with Gasteiger partial charge in [-0.15, -0.1) is 0 Å². The van der Waals surface area contributed by atoms with E-state index in [4.69, 9.17) is 0 Å². The summed E-state index contributed by atoms with van der Waals surface area (Å²) in [5.74, 6) is 0. The van der Waals surface area contributed by atoms with E-state index in [2.05, 4.69) is 20.2 Å². The van der Waals surface area contributed by atoms with Crippen LogP contribution in [0, 0.1) is 0 Å². The first-order valence-electron chi connectivity index (χ1n) is 1.87. The summed E-state index contributed by atoms with van der Waals surface area (Å²) in [6.07, 6.45) is 0. The SMILES string of the molecule is FC(F)(F)[I+][GeH2][IH][GeH2][I]. The minimum absolute atomic E-state index is 0.100. The fraction of sp³-hybridized carbons (Fsp3) is 1.00. The standard InChI is InChI=1S/CH5F3Ge2I3/c2-1(3,4)8-6-9-5-7/h9H,5-6H2/q+1. The molecule has 0 unspecified atom stereocenters. The average molecular weight is 600 g/mol. The monoisotopic (exact) mass is 603 g/mol. The first kappa shape index (κ1) is 12.1. The Bertz CT molecular complexity index is 73.9. The van der Waals surface area contributed by atoms with E-state index >= 15 is 0 Å². The molecule has 58 valence electrons. The summed E-state index contributed by atoms with van der Waals surface area (Å²) in [5.41, 5.74) is 0. The molecule has 0 saturated heterocycles. The molecule has 0 N–H and O–H groups in total. The second-order valence-electron chi connectivity index (χ2n) is 0.985. The number of hydrogen-bond donors (Lipinski definition) is 0. The Morgan fingerprint density at radius 3 is 2.33 bits per heavy atom. The van der Waals surface area contributed by atoms with Gasteiger partial charge in [0.15, 0.2) is 0 Å². The summed E-state index contributed by atoms with van der Waals surface area (Å²) < 4.78 is 30.8. The van der Waals surface area contributed by atoms with E-state index in [9.17, 15) is 13.2 Å². The van der Waals surface area contributed by atoms with E-state index in [1.165, 1.54) is 0 Å². The van der Waals surface area contributed by atoms with Gasteiger partial charge in [-0.2, -0.15) is 0 Å². The van der Waals surface area contributed by atoms with Crippen LogP contribution in [0.3, 0.4) is 0 Å². The van der Waals surface area contributed by atoms with Gasteiger partial charge in [0, 0.05) is 0 Å². The average Bonchev–Trinajstić information content (AvgIpc) is 1.63. The molecule has 9 heavy (non-hydrogen) atoms. The maximum absolute atomic E-state index is 11.5. The minimum atomic E-state index is -3.70. The summed E-state index contributed by atoms with van der Waals surface area (Å²) in [6, 6.07) is 0. The summed E-state index contributed by atoms with van der Waals surface area (Å²) in [4.78, 5) is 0. The molecular formula is CH5F3Ge2I3+. The van der Waals surface area contributed by atoms with Crippen molar-refractivity contribution in [3.05, 3.63) is 0 Å². The molecule has 0 fully saturated rings. The van der Waals surface area contributed by atoms with Crippen LogP contribution >= 0.6 is 36.7 Å². The number of alkyl halides is 4. The van der Waals surface area contributed by atoms with Gasteiger partial charge in [0.1, 0.15) is 0 Å². The Labute approximate surface area is 88.4 Å². The molecule has 8 heteroatoms. The zero-order chi connectivity index (χ0) is 7.33. The van der Waals surface area contributed by atoms with Gasteiger partial charge in [-0.25, -0.2) is 0 Å². The van der Waals surface area contributed by atoms with Crippen LogP contribution in [0.2, 0.25) is 0 Å². The van der Waals surface area contributed by atoms with Gasteiger partial charge >= 0.3 is 90.5 Å². The van der Waals surface area contributed by atoms with Gasteiger partial charge in [0.2, 0.25) is 0 Å². The van der Waals surface area contributed by atoms with E-state index in [1.54, 1.807) is 0 Å². The topological polar surface area (TPSA) is 0 Å². The second kappa shape index (κ2) is 6.57. The molecule has 0 aromatic heterocycles. The van der Waals surface area contributed by atoms with Gasteiger partial charge < -0.3 is 0 Å². The fourth-order valence-electron chi connectivity index (χ4n) is 0.130. The molecule has 0 radical (unpaired) electrons. The molecule has 0 aromatic rings. The van der Waals surface area contributed by atoms with Crippen molar-refractivity contribution in [2.24, 2.45) is 0 Å². The van der Waals surface area contributed by atoms with Crippen molar-refractivity contribution in [3.63, 3.8) is 0 Å². The Morgan fingerprint density at radius 1 is 1.44 bits per heavy atom. The first-order chi connectivity index (χ1) is 4.06. The molecule has 0 amide bonds. The Balaban J connectivity index is 3.07. The van der Waals surface area contributed by atoms with Crippen molar-refractivity contribution in [1.82, 2.24) is 0 Å². The van der Waals surface area contributed by atoms with Gasteiger partial charge in [0.05, 0.1) is 0 Å². The van der Waals surface area contributed by atoms with Gasteiger partial charge in [-0.1, -0.05) is 0 Å². The Hall–Kier alpha value is 3.07. The van der Waals surface area contributed by atoms with E-state index in [0.29, 0.717) is 0 Å². The molecule has 0 aliphatic rings. The fourth-order valence-corrected chi connectivity index (χ4v) is 299. The molecule has 0 heterocycles. The van der Waals surface area contributed by atoms with Crippen LogP contribution in [0.1, 0.15) is 0 Å². The van der Waals surface area contributed by atoms with Crippen LogP contribution < -0.4 is 18.8 Å². The van der Waals surface area contributed by atoms with Crippen molar-refractivity contribution < 1.29 is 32.0 Å². The molecule has 0 spiro atoms. The molecule has 0 bridgehead atoms. The van der Waals surface area contributed by atoms with Crippen LogP contribution in [0.15, 0.2) is 0 Å². The summed E-state index contributed by atoms with van der Waals surface area (Å²) in [5, 5.41) is 0. The molecule has 0 atom stereocenters. The van der Waals surface area contributed by atoms with E-state index in [-0.39, 0.29) is 25.3 Å². The van der Waals surface area contributed by atoms with E-state index < -0.39 is 31.8 Å². The second-order valence-corrected chi connectivity index (χ2v) is 94.3. The third-order valence-corrected chi connectivity index (χ3v) is 206. The molecule has 0 aliphatic carbocycles. The van der Waals surface area contributed by atoms with Crippen LogP contribution in [0.25, 0.3) is 0 Å². The summed E-state index contributed by atoms with van der Waals surface area (Å²) in [6.45, 7) is 0. The van der Waals surface area contributed by atoms with Gasteiger partial charge in [-0.05, 0) is 0 Å². The molecule has 0 saturated carbocycles. The van der Waals surface area contributed by atoms with Crippen molar-refractivity contribution >= 4 is 54.3 Å². The van der Waals surface area contributed by atoms with Crippen LogP contribution in [0.5, 0.6) is 0 Å². The van der Waals surface area contributed by atoms with Crippen LogP contribution in [-0.4, -0.2) is 21.8 Å². The van der Waals surface area contributed by atoms with E-state index in [1.807, 2.05) is 0 Å². The Kier molecular flexibility index (Phi) is 8.80. The predicted molar refractivity (Wildman–Crippen MR) is 52.6 cm³/mol. The third-order valence-electron chi connectivity index (χ3n) is 0.360. The van der Waals surface area contributed by atoms with Gasteiger partial charge in [0.25, 0.3) is 0 Å². The predicted octanol–water partition coefficient (Wildman–Crippen LogP) is -2.27. The third kappa shape index (κ3) is 11.1. The van der Waals surface area contributed by atoms with Crippen LogP contribution in [-0.2, 0) is 0 Å². The number of halogens is 6.